The van der Waals surface area contributed by atoms with E-state index in [0.29, 0.717) is 12.1 Å². The third-order valence-electron chi connectivity index (χ3n) is 6.30. The molecule has 0 spiro atoms. The molecule has 1 aromatic heterocycles. The Balaban J connectivity index is 1.25. The summed E-state index contributed by atoms with van der Waals surface area (Å²) in [6.07, 6.45) is 3.00. The average molecular weight is 424 g/mol. The first-order valence-corrected chi connectivity index (χ1v) is 10.5. The summed E-state index contributed by atoms with van der Waals surface area (Å²) >= 11 is 0. The Morgan fingerprint density at radius 1 is 0.806 bits per heavy atom. The van der Waals surface area contributed by atoms with Gasteiger partial charge in [-0.1, -0.05) is 24.3 Å². The van der Waals surface area contributed by atoms with E-state index in [1.54, 1.807) is 24.5 Å². The van der Waals surface area contributed by atoms with Gasteiger partial charge in [0.15, 0.2) is 0 Å². The molecule has 5 rings (SSSR count). The molecule has 2 aliphatic rings. The molecule has 0 radical (unpaired) electrons. The zero-order chi connectivity index (χ0) is 21.4. The van der Waals surface area contributed by atoms with Crippen molar-refractivity contribution in [2.75, 3.05) is 18.0 Å². The molecular formula is C24H23F3N4. The van der Waals surface area contributed by atoms with Crippen LogP contribution in [0.15, 0.2) is 67.3 Å². The van der Waals surface area contributed by atoms with Crippen LogP contribution in [0.2, 0.25) is 0 Å². The topological polar surface area (TPSA) is 32.3 Å². The van der Waals surface area contributed by atoms with Gasteiger partial charge in [-0.15, -0.1) is 0 Å². The first-order valence-electron chi connectivity index (χ1n) is 10.5. The van der Waals surface area contributed by atoms with Gasteiger partial charge >= 0.3 is 6.18 Å². The standard InChI is InChI=1S/C24H23F3N4/c25-24(26,27)20-5-7-21(8-6-20)31-22-9-10-23(31)15-30(14-22)13-17-1-3-18(4-2-17)19-11-28-16-29-12-19/h1-8,11-12,16,22-23H,9-10,13-15H2. The minimum absolute atomic E-state index is 0.344. The van der Waals surface area contributed by atoms with Crippen molar-refractivity contribution >= 4 is 5.69 Å². The molecule has 2 aliphatic heterocycles. The molecule has 2 saturated heterocycles. The molecule has 3 aromatic rings. The van der Waals surface area contributed by atoms with Gasteiger partial charge in [-0.25, -0.2) is 9.97 Å². The quantitative estimate of drug-likeness (QED) is 0.589. The Hall–Kier alpha value is -2.93. The first kappa shape index (κ1) is 20.0. The van der Waals surface area contributed by atoms with Crippen molar-refractivity contribution in [2.24, 2.45) is 0 Å². The predicted octanol–water partition coefficient (Wildman–Crippen LogP) is 5.02. The van der Waals surface area contributed by atoms with E-state index in [0.717, 1.165) is 49.3 Å². The van der Waals surface area contributed by atoms with Gasteiger partial charge in [-0.2, -0.15) is 13.2 Å². The van der Waals surface area contributed by atoms with E-state index < -0.39 is 11.7 Å². The van der Waals surface area contributed by atoms with Crippen LogP contribution in [0.25, 0.3) is 11.1 Å². The number of rotatable bonds is 4. The van der Waals surface area contributed by atoms with E-state index in [2.05, 4.69) is 44.0 Å². The molecule has 2 aromatic carbocycles. The molecule has 7 heteroatoms. The Bertz CT molecular complexity index is 1010. The lowest BCUT2D eigenvalue weighted by molar-refractivity contribution is -0.137. The van der Waals surface area contributed by atoms with E-state index in [9.17, 15) is 13.2 Å². The lowest BCUT2D eigenvalue weighted by Crippen LogP contribution is -2.53. The second kappa shape index (κ2) is 7.96. The summed E-state index contributed by atoms with van der Waals surface area (Å²) in [5.41, 5.74) is 3.65. The fraction of sp³-hybridized carbons (Fsp3) is 0.333. The van der Waals surface area contributed by atoms with Gasteiger partial charge in [-0.3, -0.25) is 4.90 Å². The number of halogens is 3. The minimum atomic E-state index is -4.29. The highest BCUT2D eigenvalue weighted by molar-refractivity contribution is 5.61. The zero-order valence-electron chi connectivity index (χ0n) is 17.0. The van der Waals surface area contributed by atoms with Crippen LogP contribution in [0.1, 0.15) is 24.0 Å². The summed E-state index contributed by atoms with van der Waals surface area (Å²) in [6.45, 7) is 2.72. The van der Waals surface area contributed by atoms with Crippen LogP contribution < -0.4 is 4.90 Å². The van der Waals surface area contributed by atoms with Crippen LogP contribution in [-0.4, -0.2) is 40.0 Å². The number of benzene rings is 2. The Morgan fingerprint density at radius 2 is 1.42 bits per heavy atom. The highest BCUT2D eigenvalue weighted by Crippen LogP contribution is 2.37. The Morgan fingerprint density at radius 3 is 2.00 bits per heavy atom. The van der Waals surface area contributed by atoms with Gasteiger partial charge in [0.05, 0.1) is 5.56 Å². The summed E-state index contributed by atoms with van der Waals surface area (Å²) in [7, 11) is 0. The maximum atomic E-state index is 12.9. The lowest BCUT2D eigenvalue weighted by atomic mass is 10.1. The highest BCUT2D eigenvalue weighted by Gasteiger charge is 2.40. The summed E-state index contributed by atoms with van der Waals surface area (Å²) in [4.78, 5) is 12.9. The number of aromatic nitrogens is 2. The van der Waals surface area contributed by atoms with Crippen molar-refractivity contribution < 1.29 is 13.2 Å². The van der Waals surface area contributed by atoms with Crippen molar-refractivity contribution in [3.8, 4) is 11.1 Å². The largest absolute Gasteiger partial charge is 0.416 e. The molecule has 3 heterocycles. The number of alkyl halides is 3. The summed E-state index contributed by atoms with van der Waals surface area (Å²) in [6, 6.07) is 14.8. The molecule has 4 nitrogen and oxygen atoms in total. The van der Waals surface area contributed by atoms with E-state index in [1.165, 1.54) is 24.0 Å². The number of piperazine rings is 1. The highest BCUT2D eigenvalue weighted by atomic mass is 19.4. The molecule has 0 amide bonds. The monoisotopic (exact) mass is 424 g/mol. The van der Waals surface area contributed by atoms with Crippen molar-refractivity contribution in [3.05, 3.63) is 78.4 Å². The van der Waals surface area contributed by atoms with Gasteiger partial charge < -0.3 is 4.90 Å². The van der Waals surface area contributed by atoms with Crippen molar-refractivity contribution in [1.29, 1.82) is 0 Å². The van der Waals surface area contributed by atoms with Crippen LogP contribution in [0, 0.1) is 0 Å². The maximum Gasteiger partial charge on any atom is 0.416 e. The summed E-state index contributed by atoms with van der Waals surface area (Å²) in [5.74, 6) is 0. The lowest BCUT2D eigenvalue weighted by Gasteiger charge is -2.42. The molecule has 0 N–H and O–H groups in total. The summed E-state index contributed by atoms with van der Waals surface area (Å²) < 4.78 is 38.6. The number of anilines is 1. The molecule has 0 aliphatic carbocycles. The Labute approximate surface area is 179 Å². The average Bonchev–Trinajstić information content (AvgIpc) is 3.05. The summed E-state index contributed by atoms with van der Waals surface area (Å²) in [5, 5.41) is 0. The first-order chi connectivity index (χ1) is 15.0. The fourth-order valence-electron chi connectivity index (χ4n) is 4.87. The number of nitrogens with zero attached hydrogens (tertiary/aromatic N) is 4. The number of hydrogen-bond donors (Lipinski definition) is 0. The molecule has 2 atom stereocenters. The molecular weight excluding hydrogens is 401 g/mol. The van der Waals surface area contributed by atoms with E-state index in [1.807, 2.05) is 0 Å². The molecule has 0 saturated carbocycles. The normalized spacial score (nSPS) is 21.5. The number of fused-ring (bicyclic) bond motifs is 2. The van der Waals surface area contributed by atoms with Gasteiger partial charge in [0.2, 0.25) is 0 Å². The van der Waals surface area contributed by atoms with Crippen LogP contribution in [-0.2, 0) is 12.7 Å². The van der Waals surface area contributed by atoms with Crippen LogP contribution in [0.5, 0.6) is 0 Å². The minimum Gasteiger partial charge on any atom is -0.363 e. The maximum absolute atomic E-state index is 12.9. The number of hydrogen-bond acceptors (Lipinski definition) is 4. The Kier molecular flexibility index (Phi) is 5.14. The molecule has 2 fully saturated rings. The van der Waals surface area contributed by atoms with Gasteiger partial charge in [0.1, 0.15) is 6.33 Å². The molecule has 160 valence electrons. The third-order valence-corrected chi connectivity index (χ3v) is 6.30. The smallest absolute Gasteiger partial charge is 0.363 e. The molecule has 31 heavy (non-hydrogen) atoms. The van der Waals surface area contributed by atoms with Crippen LogP contribution in [0.3, 0.4) is 0 Å². The van der Waals surface area contributed by atoms with Crippen LogP contribution >= 0.6 is 0 Å². The second-order valence-corrected chi connectivity index (χ2v) is 8.36. The number of likely N-dealkylation sites (tertiary alicyclic amines) is 1. The fourth-order valence-corrected chi connectivity index (χ4v) is 4.87. The predicted molar refractivity (Wildman–Crippen MR) is 113 cm³/mol. The van der Waals surface area contributed by atoms with Gasteiger partial charge in [0.25, 0.3) is 0 Å². The van der Waals surface area contributed by atoms with Gasteiger partial charge in [0, 0.05) is 55.4 Å². The van der Waals surface area contributed by atoms with Crippen LogP contribution in [0.4, 0.5) is 18.9 Å². The van der Waals surface area contributed by atoms with Gasteiger partial charge in [-0.05, 0) is 48.2 Å². The zero-order valence-corrected chi connectivity index (χ0v) is 17.0. The third kappa shape index (κ3) is 4.14. The van der Waals surface area contributed by atoms with E-state index >= 15 is 0 Å². The van der Waals surface area contributed by atoms with Crippen molar-refractivity contribution in [2.45, 2.75) is 37.6 Å². The SMILES string of the molecule is FC(F)(F)c1ccc(N2C3CCC2CN(Cc2ccc(-c4cncnc4)cc2)C3)cc1. The van der Waals surface area contributed by atoms with Crippen molar-refractivity contribution in [1.82, 2.24) is 14.9 Å². The van der Waals surface area contributed by atoms with E-state index in [4.69, 9.17) is 0 Å². The molecule has 2 bridgehead atoms. The van der Waals surface area contributed by atoms with Crippen molar-refractivity contribution in [3.63, 3.8) is 0 Å². The van der Waals surface area contributed by atoms with E-state index in [-0.39, 0.29) is 0 Å². The molecule has 2 unspecified atom stereocenters. The second-order valence-electron chi connectivity index (χ2n) is 8.36.